The van der Waals surface area contributed by atoms with Crippen LogP contribution in [0.15, 0.2) is 16.7 Å². The number of unbranched alkanes of at least 4 members (excludes halogenated alkanes) is 3. The van der Waals surface area contributed by atoms with E-state index in [4.69, 9.17) is 0 Å². The normalized spacial score (nSPS) is 10.2. The van der Waals surface area contributed by atoms with Gasteiger partial charge >= 0.3 is 5.69 Å². The molecule has 1 aromatic heterocycles. The molecule has 0 bridgehead atoms. The van der Waals surface area contributed by atoms with Crippen LogP contribution in [0.4, 0.5) is 11.5 Å². The summed E-state index contributed by atoms with van der Waals surface area (Å²) in [5, 5.41) is 13.8. The molecule has 0 fully saturated rings. The molecule has 0 unspecified atom stereocenters. The number of aromatic nitrogens is 1. The quantitative estimate of drug-likeness (QED) is 0.473. The lowest BCUT2D eigenvalue weighted by molar-refractivity contribution is -0.384. The molecule has 0 amide bonds. The molecule has 0 aromatic carbocycles. The average molecular weight is 302 g/mol. The molecule has 1 rings (SSSR count). The SMILES string of the molecule is CCCCCCNc1ncc(Br)cc1[N+](=O)[O-]. The predicted molar refractivity (Wildman–Crippen MR) is 71.2 cm³/mol. The number of hydrogen-bond acceptors (Lipinski definition) is 4. The molecule has 0 aliphatic heterocycles. The van der Waals surface area contributed by atoms with E-state index in [9.17, 15) is 10.1 Å². The minimum atomic E-state index is -0.424. The largest absolute Gasteiger partial charge is 0.364 e. The summed E-state index contributed by atoms with van der Waals surface area (Å²) in [6.07, 6.45) is 6.06. The molecule has 1 heterocycles. The Morgan fingerprint density at radius 2 is 2.24 bits per heavy atom. The summed E-state index contributed by atoms with van der Waals surface area (Å²) in [4.78, 5) is 14.4. The average Bonchev–Trinajstić information content (AvgIpc) is 2.30. The van der Waals surface area contributed by atoms with E-state index in [0.717, 1.165) is 19.4 Å². The third kappa shape index (κ3) is 4.68. The number of hydrogen-bond donors (Lipinski definition) is 1. The van der Waals surface area contributed by atoms with E-state index in [0.29, 0.717) is 10.3 Å². The van der Waals surface area contributed by atoms with Crippen molar-refractivity contribution in [2.75, 3.05) is 11.9 Å². The summed E-state index contributed by atoms with van der Waals surface area (Å²) in [7, 11) is 0. The number of pyridine rings is 1. The molecule has 5 nitrogen and oxygen atoms in total. The van der Waals surface area contributed by atoms with Crippen molar-refractivity contribution in [3.63, 3.8) is 0 Å². The van der Waals surface area contributed by atoms with E-state index >= 15 is 0 Å². The second kappa shape index (κ2) is 7.21. The fraction of sp³-hybridized carbons (Fsp3) is 0.545. The van der Waals surface area contributed by atoms with Crippen LogP contribution in [0.2, 0.25) is 0 Å². The molecule has 1 aromatic rings. The second-order valence-corrected chi connectivity index (χ2v) is 4.68. The molecule has 0 radical (unpaired) electrons. The van der Waals surface area contributed by atoms with E-state index in [2.05, 4.69) is 33.2 Å². The highest BCUT2D eigenvalue weighted by Gasteiger charge is 2.14. The monoisotopic (exact) mass is 301 g/mol. The van der Waals surface area contributed by atoms with Gasteiger partial charge in [-0.3, -0.25) is 10.1 Å². The number of nitrogens with one attached hydrogen (secondary N) is 1. The van der Waals surface area contributed by atoms with Gasteiger partial charge in [0.05, 0.1) is 4.92 Å². The third-order valence-corrected chi connectivity index (χ3v) is 2.79. The Hall–Kier alpha value is -1.17. The molecular weight excluding hydrogens is 286 g/mol. The molecule has 1 N–H and O–H groups in total. The fourth-order valence-corrected chi connectivity index (χ4v) is 1.78. The summed E-state index contributed by atoms with van der Waals surface area (Å²) in [6, 6.07) is 1.46. The minimum absolute atomic E-state index is 0.00914. The maximum Gasteiger partial charge on any atom is 0.312 e. The van der Waals surface area contributed by atoms with Crippen LogP contribution in [0.5, 0.6) is 0 Å². The molecule has 0 atom stereocenters. The fourth-order valence-electron chi connectivity index (χ4n) is 1.46. The topological polar surface area (TPSA) is 68.1 Å². The maximum absolute atomic E-state index is 10.8. The smallest absolute Gasteiger partial charge is 0.312 e. The Kier molecular flexibility index (Phi) is 5.90. The van der Waals surface area contributed by atoms with Crippen LogP contribution in [0.1, 0.15) is 32.6 Å². The van der Waals surface area contributed by atoms with E-state index in [-0.39, 0.29) is 5.69 Å². The van der Waals surface area contributed by atoms with Crippen molar-refractivity contribution in [2.45, 2.75) is 32.6 Å². The molecule has 0 saturated heterocycles. The summed E-state index contributed by atoms with van der Waals surface area (Å²) in [5.41, 5.74) is 0.00914. The van der Waals surface area contributed by atoms with Gasteiger partial charge in [-0.2, -0.15) is 0 Å². The van der Waals surface area contributed by atoms with Crippen molar-refractivity contribution in [1.29, 1.82) is 0 Å². The molecule has 0 aliphatic rings. The van der Waals surface area contributed by atoms with Gasteiger partial charge in [-0.15, -0.1) is 0 Å². The molecule has 0 spiro atoms. The van der Waals surface area contributed by atoms with Crippen molar-refractivity contribution in [3.05, 3.63) is 26.9 Å². The highest BCUT2D eigenvalue weighted by atomic mass is 79.9. The van der Waals surface area contributed by atoms with Gasteiger partial charge in [-0.05, 0) is 22.4 Å². The van der Waals surface area contributed by atoms with Crippen LogP contribution in [-0.4, -0.2) is 16.5 Å². The Balaban J connectivity index is 2.55. The Morgan fingerprint density at radius 1 is 1.47 bits per heavy atom. The Labute approximate surface area is 109 Å². The molecule has 0 saturated carbocycles. The Bertz CT molecular complexity index is 385. The van der Waals surface area contributed by atoms with Gasteiger partial charge in [-0.1, -0.05) is 26.2 Å². The van der Waals surface area contributed by atoms with Crippen molar-refractivity contribution >= 4 is 27.4 Å². The van der Waals surface area contributed by atoms with E-state index in [1.807, 2.05) is 0 Å². The minimum Gasteiger partial charge on any atom is -0.364 e. The van der Waals surface area contributed by atoms with Crippen molar-refractivity contribution in [2.24, 2.45) is 0 Å². The summed E-state index contributed by atoms with van der Waals surface area (Å²) < 4.78 is 0.612. The predicted octanol–water partition coefficient (Wildman–Crippen LogP) is 3.74. The van der Waals surface area contributed by atoms with Crippen molar-refractivity contribution < 1.29 is 4.92 Å². The zero-order valence-corrected chi connectivity index (χ0v) is 11.4. The summed E-state index contributed by atoms with van der Waals surface area (Å²) in [5.74, 6) is 0.342. The van der Waals surface area contributed by atoms with E-state index < -0.39 is 4.92 Å². The second-order valence-electron chi connectivity index (χ2n) is 3.77. The number of anilines is 1. The van der Waals surface area contributed by atoms with Gasteiger partial charge in [0.2, 0.25) is 5.82 Å². The highest BCUT2D eigenvalue weighted by Crippen LogP contribution is 2.25. The van der Waals surface area contributed by atoms with Gasteiger partial charge < -0.3 is 5.32 Å². The van der Waals surface area contributed by atoms with Crippen LogP contribution >= 0.6 is 15.9 Å². The number of nitrogens with zero attached hydrogens (tertiary/aromatic N) is 2. The lowest BCUT2D eigenvalue weighted by Crippen LogP contribution is -2.06. The van der Waals surface area contributed by atoms with E-state index in [1.54, 1.807) is 6.20 Å². The zero-order chi connectivity index (χ0) is 12.7. The van der Waals surface area contributed by atoms with Gasteiger partial charge in [0.25, 0.3) is 0 Å². The molecular formula is C11H16BrN3O2. The van der Waals surface area contributed by atoms with Gasteiger partial charge in [0.15, 0.2) is 0 Å². The first-order valence-corrected chi connectivity index (χ1v) is 6.48. The van der Waals surface area contributed by atoms with Crippen LogP contribution in [0.3, 0.4) is 0 Å². The zero-order valence-electron chi connectivity index (χ0n) is 9.78. The van der Waals surface area contributed by atoms with E-state index in [1.165, 1.54) is 18.9 Å². The number of halogens is 1. The third-order valence-electron chi connectivity index (χ3n) is 2.35. The van der Waals surface area contributed by atoms with Gasteiger partial charge in [-0.25, -0.2) is 4.98 Å². The first-order chi connectivity index (χ1) is 8.15. The first-order valence-electron chi connectivity index (χ1n) is 5.69. The lowest BCUT2D eigenvalue weighted by atomic mass is 10.2. The molecule has 0 aliphatic carbocycles. The Morgan fingerprint density at radius 3 is 2.88 bits per heavy atom. The summed E-state index contributed by atoms with van der Waals surface area (Å²) in [6.45, 7) is 2.87. The highest BCUT2D eigenvalue weighted by molar-refractivity contribution is 9.10. The summed E-state index contributed by atoms with van der Waals surface area (Å²) >= 11 is 3.17. The van der Waals surface area contributed by atoms with Crippen LogP contribution < -0.4 is 5.32 Å². The number of nitro groups is 1. The van der Waals surface area contributed by atoms with Crippen LogP contribution in [0, 0.1) is 10.1 Å². The van der Waals surface area contributed by atoms with Crippen molar-refractivity contribution in [3.8, 4) is 0 Å². The first kappa shape index (κ1) is 13.9. The molecule has 94 valence electrons. The van der Waals surface area contributed by atoms with Crippen LogP contribution in [-0.2, 0) is 0 Å². The van der Waals surface area contributed by atoms with Gasteiger partial charge in [0, 0.05) is 23.3 Å². The maximum atomic E-state index is 10.8. The van der Waals surface area contributed by atoms with Crippen LogP contribution in [0.25, 0.3) is 0 Å². The lowest BCUT2D eigenvalue weighted by Gasteiger charge is -2.05. The number of rotatable bonds is 7. The van der Waals surface area contributed by atoms with Gasteiger partial charge in [0.1, 0.15) is 0 Å². The standard InChI is InChI=1S/C11H16BrN3O2/c1-2-3-4-5-6-13-11-10(15(16)17)7-9(12)8-14-11/h7-8H,2-6H2,1H3,(H,13,14). The molecule has 17 heavy (non-hydrogen) atoms. The van der Waals surface area contributed by atoms with Crippen molar-refractivity contribution in [1.82, 2.24) is 4.98 Å². The molecule has 6 heteroatoms.